The molecule has 0 radical (unpaired) electrons. The van der Waals surface area contributed by atoms with Gasteiger partial charge in [-0.25, -0.2) is 4.79 Å². The van der Waals surface area contributed by atoms with Crippen molar-refractivity contribution in [3.8, 4) is 0 Å². The second kappa shape index (κ2) is 5.37. The summed E-state index contributed by atoms with van der Waals surface area (Å²) in [5.74, 6) is 0. The molecule has 0 bridgehead atoms. The van der Waals surface area contributed by atoms with Gasteiger partial charge in [-0.15, -0.1) is 0 Å². The number of halogens is 2. The van der Waals surface area contributed by atoms with Crippen molar-refractivity contribution in [2.45, 2.75) is 44.9 Å². The first-order valence-corrected chi connectivity index (χ1v) is 8.07. The van der Waals surface area contributed by atoms with Crippen molar-refractivity contribution in [2.75, 3.05) is 8.86 Å². The summed E-state index contributed by atoms with van der Waals surface area (Å²) in [6.45, 7) is 5.72. The Balaban J connectivity index is 2.56. The zero-order valence-corrected chi connectivity index (χ0v) is 13.6. The summed E-state index contributed by atoms with van der Waals surface area (Å²) < 4.78 is 7.37. The molecule has 1 rings (SSSR count). The van der Waals surface area contributed by atoms with E-state index in [2.05, 4.69) is 45.2 Å². The maximum absolute atomic E-state index is 11.9. The molecular formula is C10H17I2NO2. The van der Waals surface area contributed by atoms with Gasteiger partial charge in [0.05, 0.1) is 0 Å². The summed E-state index contributed by atoms with van der Waals surface area (Å²) in [5.41, 5.74) is -0.391. The lowest BCUT2D eigenvalue weighted by Crippen LogP contribution is -2.61. The average Bonchev–Trinajstić information content (AvgIpc) is 1.99. The lowest BCUT2D eigenvalue weighted by molar-refractivity contribution is -0.0189. The molecule has 3 nitrogen and oxygen atoms in total. The van der Waals surface area contributed by atoms with E-state index in [1.165, 1.54) is 0 Å². The van der Waals surface area contributed by atoms with Gasteiger partial charge in [0.1, 0.15) is 5.60 Å². The van der Waals surface area contributed by atoms with E-state index in [1.807, 2.05) is 25.7 Å². The van der Waals surface area contributed by atoms with E-state index in [4.69, 9.17) is 4.74 Å². The lowest BCUT2D eigenvalue weighted by atomic mass is 9.97. The van der Waals surface area contributed by atoms with Crippen LogP contribution in [0.3, 0.4) is 0 Å². The summed E-state index contributed by atoms with van der Waals surface area (Å²) in [4.78, 5) is 13.8. The zero-order valence-electron chi connectivity index (χ0n) is 9.30. The number of ether oxygens (including phenoxy) is 1. The SMILES string of the molecule is CC(C)(C)OC(=O)N1[C@H](CI)C[C@@H]1CI. The first-order chi connectivity index (χ1) is 6.89. The predicted octanol–water partition coefficient (Wildman–Crippen LogP) is 3.23. The number of carbonyl (C=O) groups is 1. The van der Waals surface area contributed by atoms with Crippen LogP contribution in [0.5, 0.6) is 0 Å². The van der Waals surface area contributed by atoms with Crippen LogP contribution in [0.4, 0.5) is 4.79 Å². The molecule has 0 aliphatic carbocycles. The third kappa shape index (κ3) is 3.61. The topological polar surface area (TPSA) is 29.5 Å². The number of alkyl halides is 2. The van der Waals surface area contributed by atoms with E-state index in [1.54, 1.807) is 0 Å². The van der Waals surface area contributed by atoms with Crippen LogP contribution in [-0.4, -0.2) is 37.5 Å². The number of carbonyl (C=O) groups excluding carboxylic acids is 1. The fraction of sp³-hybridized carbons (Fsp3) is 0.900. The van der Waals surface area contributed by atoms with Gasteiger partial charge >= 0.3 is 6.09 Å². The summed E-state index contributed by atoms with van der Waals surface area (Å²) in [6, 6.07) is 0.750. The van der Waals surface area contributed by atoms with Crippen molar-refractivity contribution in [1.29, 1.82) is 0 Å². The Labute approximate surface area is 119 Å². The van der Waals surface area contributed by atoms with Crippen LogP contribution >= 0.6 is 45.2 Å². The molecule has 2 atom stereocenters. The smallest absolute Gasteiger partial charge is 0.410 e. The monoisotopic (exact) mass is 437 g/mol. The fourth-order valence-electron chi connectivity index (χ4n) is 1.59. The van der Waals surface area contributed by atoms with Crippen molar-refractivity contribution in [3.63, 3.8) is 0 Å². The van der Waals surface area contributed by atoms with Crippen LogP contribution in [-0.2, 0) is 4.74 Å². The molecule has 0 aromatic heterocycles. The Morgan fingerprint density at radius 3 is 2.13 bits per heavy atom. The molecule has 1 fully saturated rings. The van der Waals surface area contributed by atoms with Crippen molar-refractivity contribution in [1.82, 2.24) is 4.90 Å². The van der Waals surface area contributed by atoms with Gasteiger partial charge in [-0.3, -0.25) is 0 Å². The number of rotatable bonds is 2. The number of hydrogen-bond donors (Lipinski definition) is 0. The Morgan fingerprint density at radius 1 is 1.33 bits per heavy atom. The largest absolute Gasteiger partial charge is 0.444 e. The normalized spacial score (nSPS) is 26.1. The van der Waals surface area contributed by atoms with Crippen molar-refractivity contribution >= 4 is 51.3 Å². The standard InChI is InChI=1S/C10H17I2NO2/c1-10(2,3)15-9(14)13-7(5-11)4-8(13)6-12/h7-8H,4-6H2,1-3H3/t7-,8+. The molecular weight excluding hydrogens is 420 g/mol. The minimum atomic E-state index is -0.391. The second-order valence-electron chi connectivity index (χ2n) is 4.74. The Morgan fingerprint density at radius 2 is 1.80 bits per heavy atom. The average molecular weight is 437 g/mol. The molecule has 1 aliphatic rings. The first kappa shape index (κ1) is 13.8. The minimum absolute atomic E-state index is 0.155. The predicted molar refractivity (Wildman–Crippen MR) is 78.0 cm³/mol. The Kier molecular flexibility index (Phi) is 4.94. The molecule has 0 unspecified atom stereocenters. The highest BCUT2D eigenvalue weighted by atomic mass is 127. The molecule has 5 heteroatoms. The molecule has 0 aromatic carbocycles. The number of hydrogen-bond acceptors (Lipinski definition) is 2. The fourth-order valence-corrected chi connectivity index (χ4v) is 3.16. The van der Waals surface area contributed by atoms with Crippen LogP contribution in [0.2, 0.25) is 0 Å². The molecule has 1 saturated heterocycles. The van der Waals surface area contributed by atoms with Gasteiger partial charge in [-0.2, -0.15) is 0 Å². The molecule has 1 aliphatic heterocycles. The second-order valence-corrected chi connectivity index (χ2v) is 6.50. The maximum Gasteiger partial charge on any atom is 0.410 e. The highest BCUT2D eigenvalue weighted by molar-refractivity contribution is 14.1. The van der Waals surface area contributed by atoms with E-state index in [0.717, 1.165) is 15.3 Å². The highest BCUT2D eigenvalue weighted by Gasteiger charge is 2.42. The van der Waals surface area contributed by atoms with Gasteiger partial charge in [0.25, 0.3) is 0 Å². The van der Waals surface area contributed by atoms with Crippen molar-refractivity contribution in [3.05, 3.63) is 0 Å². The van der Waals surface area contributed by atoms with Crippen LogP contribution < -0.4 is 0 Å². The molecule has 1 heterocycles. The van der Waals surface area contributed by atoms with Crippen LogP contribution in [0.15, 0.2) is 0 Å². The van der Waals surface area contributed by atoms with Gasteiger partial charge in [0.15, 0.2) is 0 Å². The van der Waals surface area contributed by atoms with Crippen molar-refractivity contribution < 1.29 is 9.53 Å². The number of nitrogens with zero attached hydrogens (tertiary/aromatic N) is 1. The molecule has 0 aromatic rings. The van der Waals surface area contributed by atoms with Crippen LogP contribution in [0.1, 0.15) is 27.2 Å². The van der Waals surface area contributed by atoms with E-state index in [9.17, 15) is 4.79 Å². The van der Waals surface area contributed by atoms with Crippen molar-refractivity contribution in [2.24, 2.45) is 0 Å². The molecule has 0 saturated carbocycles. The first-order valence-electron chi connectivity index (χ1n) is 5.02. The van der Waals surface area contributed by atoms with Gasteiger partial charge in [0.2, 0.25) is 0 Å². The molecule has 88 valence electrons. The van der Waals surface area contributed by atoms with E-state index >= 15 is 0 Å². The maximum atomic E-state index is 11.9. The minimum Gasteiger partial charge on any atom is -0.444 e. The summed E-state index contributed by atoms with van der Waals surface area (Å²) in [6.07, 6.45) is 0.961. The van der Waals surface area contributed by atoms with Gasteiger partial charge in [-0.05, 0) is 27.2 Å². The van der Waals surface area contributed by atoms with Crippen LogP contribution in [0, 0.1) is 0 Å². The Hall–Kier alpha value is 0.730. The highest BCUT2D eigenvalue weighted by Crippen LogP contribution is 2.30. The van der Waals surface area contributed by atoms with Gasteiger partial charge in [0, 0.05) is 20.9 Å². The molecule has 15 heavy (non-hydrogen) atoms. The molecule has 1 amide bonds. The van der Waals surface area contributed by atoms with E-state index < -0.39 is 5.60 Å². The quantitative estimate of drug-likeness (QED) is 0.491. The summed E-state index contributed by atoms with van der Waals surface area (Å²) in [5, 5.41) is 0. The summed E-state index contributed by atoms with van der Waals surface area (Å²) >= 11 is 4.65. The zero-order chi connectivity index (χ0) is 11.6. The number of amides is 1. The Bertz CT molecular complexity index is 230. The van der Waals surface area contributed by atoms with Crippen LogP contribution in [0.25, 0.3) is 0 Å². The number of likely N-dealkylation sites (tertiary alicyclic amines) is 1. The molecule has 0 N–H and O–H groups in total. The van der Waals surface area contributed by atoms with E-state index in [0.29, 0.717) is 12.1 Å². The third-order valence-electron chi connectivity index (χ3n) is 2.29. The third-order valence-corrected chi connectivity index (χ3v) is 4.32. The van der Waals surface area contributed by atoms with Gasteiger partial charge in [-0.1, -0.05) is 45.2 Å². The lowest BCUT2D eigenvalue weighted by Gasteiger charge is -2.47. The van der Waals surface area contributed by atoms with E-state index in [-0.39, 0.29) is 6.09 Å². The van der Waals surface area contributed by atoms with Gasteiger partial charge < -0.3 is 9.64 Å². The molecule has 0 spiro atoms. The summed E-state index contributed by atoms with van der Waals surface area (Å²) in [7, 11) is 0.